The van der Waals surface area contributed by atoms with Crippen LogP contribution in [0.2, 0.25) is 0 Å². The minimum atomic E-state index is 0.153. The van der Waals surface area contributed by atoms with Crippen molar-refractivity contribution in [2.45, 2.75) is 39.9 Å². The van der Waals surface area contributed by atoms with Gasteiger partial charge in [-0.2, -0.15) is 0 Å². The van der Waals surface area contributed by atoms with Gasteiger partial charge in [-0.25, -0.2) is 0 Å². The highest BCUT2D eigenvalue weighted by molar-refractivity contribution is 5.81. The molecule has 1 aliphatic heterocycles. The molecule has 0 aromatic rings. The molecule has 0 spiro atoms. The first-order valence-corrected chi connectivity index (χ1v) is 5.70. The van der Waals surface area contributed by atoms with Gasteiger partial charge in [-0.1, -0.05) is 13.8 Å². The molecule has 4 nitrogen and oxygen atoms in total. The van der Waals surface area contributed by atoms with Gasteiger partial charge in [0.05, 0.1) is 25.4 Å². The van der Waals surface area contributed by atoms with Crippen molar-refractivity contribution in [1.82, 2.24) is 10.2 Å². The van der Waals surface area contributed by atoms with E-state index < -0.39 is 0 Å². The molecule has 0 bridgehead atoms. The molecule has 2 atom stereocenters. The molecule has 0 aromatic carbocycles. The smallest absolute Gasteiger partial charge is 0.238 e. The lowest BCUT2D eigenvalue weighted by Gasteiger charge is -2.32. The van der Waals surface area contributed by atoms with Gasteiger partial charge in [-0.3, -0.25) is 10.1 Å². The van der Waals surface area contributed by atoms with Crippen LogP contribution in [0.4, 0.5) is 0 Å². The average molecular weight is 214 g/mol. The number of hydrogen-bond acceptors (Lipinski definition) is 3. The van der Waals surface area contributed by atoms with Crippen molar-refractivity contribution in [2.75, 3.05) is 19.8 Å². The van der Waals surface area contributed by atoms with Crippen LogP contribution in [0.15, 0.2) is 0 Å². The van der Waals surface area contributed by atoms with E-state index in [4.69, 9.17) is 4.74 Å². The minimum absolute atomic E-state index is 0.153. The van der Waals surface area contributed by atoms with E-state index >= 15 is 0 Å². The Labute approximate surface area is 92.0 Å². The molecule has 1 N–H and O–H groups in total. The first-order valence-electron chi connectivity index (χ1n) is 5.70. The van der Waals surface area contributed by atoms with E-state index in [2.05, 4.69) is 19.2 Å². The molecule has 1 amide bonds. The van der Waals surface area contributed by atoms with Gasteiger partial charge in [0.1, 0.15) is 0 Å². The second-order valence-electron chi connectivity index (χ2n) is 4.38. The molecule has 0 aromatic heterocycles. The summed E-state index contributed by atoms with van der Waals surface area (Å²) in [5.41, 5.74) is 0. The molecule has 0 aliphatic carbocycles. The van der Waals surface area contributed by atoms with Crippen molar-refractivity contribution in [2.24, 2.45) is 5.92 Å². The second-order valence-corrected chi connectivity index (χ2v) is 4.38. The molecular formula is C11H22N2O2. The predicted octanol–water partition coefficient (Wildman–Crippen LogP) is 0.825. The fourth-order valence-corrected chi connectivity index (χ4v) is 1.98. The molecular weight excluding hydrogens is 192 g/mol. The number of amides is 1. The van der Waals surface area contributed by atoms with Crippen LogP contribution in [0.25, 0.3) is 0 Å². The monoisotopic (exact) mass is 214 g/mol. The summed E-state index contributed by atoms with van der Waals surface area (Å²) in [7, 11) is 0. The van der Waals surface area contributed by atoms with Crippen LogP contribution in [-0.2, 0) is 9.53 Å². The topological polar surface area (TPSA) is 41.6 Å². The number of nitrogens with zero attached hydrogens (tertiary/aromatic N) is 1. The van der Waals surface area contributed by atoms with Crippen LogP contribution in [0.1, 0.15) is 27.7 Å². The zero-order chi connectivity index (χ0) is 11.4. The van der Waals surface area contributed by atoms with Gasteiger partial charge in [-0.05, 0) is 19.8 Å². The number of rotatable bonds is 5. The van der Waals surface area contributed by atoms with Crippen molar-refractivity contribution in [3.8, 4) is 0 Å². The summed E-state index contributed by atoms with van der Waals surface area (Å²) >= 11 is 0. The number of carbonyl (C=O) groups excluding carboxylic acids is 1. The molecule has 15 heavy (non-hydrogen) atoms. The van der Waals surface area contributed by atoms with Gasteiger partial charge in [0.25, 0.3) is 0 Å². The minimum Gasteiger partial charge on any atom is -0.380 e. The Hall–Kier alpha value is -0.610. The molecule has 4 heteroatoms. The van der Waals surface area contributed by atoms with E-state index in [1.54, 1.807) is 0 Å². The van der Waals surface area contributed by atoms with Crippen LogP contribution in [0.3, 0.4) is 0 Å². The van der Waals surface area contributed by atoms with Crippen LogP contribution in [0.5, 0.6) is 0 Å². The third-order valence-electron chi connectivity index (χ3n) is 2.72. The van der Waals surface area contributed by atoms with E-state index in [0.29, 0.717) is 25.7 Å². The van der Waals surface area contributed by atoms with E-state index in [1.807, 2.05) is 18.7 Å². The molecule has 0 saturated carbocycles. The van der Waals surface area contributed by atoms with Gasteiger partial charge < -0.3 is 9.64 Å². The Kier molecular flexibility index (Phi) is 4.54. The van der Waals surface area contributed by atoms with E-state index in [9.17, 15) is 4.79 Å². The Bertz CT molecular complexity index is 219. The quantitative estimate of drug-likeness (QED) is 0.737. The van der Waals surface area contributed by atoms with Gasteiger partial charge in [0.2, 0.25) is 5.91 Å². The lowest BCUT2D eigenvalue weighted by atomic mass is 10.1. The largest absolute Gasteiger partial charge is 0.380 e. The Morgan fingerprint density at radius 2 is 2.20 bits per heavy atom. The summed E-state index contributed by atoms with van der Waals surface area (Å²) in [5, 5.41) is 3.23. The van der Waals surface area contributed by atoms with Crippen molar-refractivity contribution < 1.29 is 9.53 Å². The second kappa shape index (κ2) is 5.47. The van der Waals surface area contributed by atoms with Crippen LogP contribution in [-0.4, -0.2) is 42.8 Å². The zero-order valence-corrected chi connectivity index (χ0v) is 10.1. The summed E-state index contributed by atoms with van der Waals surface area (Å²) in [5.74, 6) is 0.612. The highest BCUT2D eigenvalue weighted by Gasteiger charge is 2.35. The van der Waals surface area contributed by atoms with Crippen LogP contribution in [0, 0.1) is 5.92 Å². The summed E-state index contributed by atoms with van der Waals surface area (Å²) in [4.78, 5) is 13.6. The number of ether oxygens (including phenoxy) is 1. The molecule has 2 unspecified atom stereocenters. The van der Waals surface area contributed by atoms with Crippen LogP contribution >= 0.6 is 0 Å². The molecule has 1 saturated heterocycles. The Morgan fingerprint density at radius 3 is 2.73 bits per heavy atom. The molecule has 1 aliphatic rings. The zero-order valence-electron chi connectivity index (χ0n) is 10.1. The van der Waals surface area contributed by atoms with Crippen molar-refractivity contribution >= 4 is 5.91 Å². The van der Waals surface area contributed by atoms with Gasteiger partial charge in [0, 0.05) is 6.61 Å². The third-order valence-corrected chi connectivity index (χ3v) is 2.72. The lowest BCUT2D eigenvalue weighted by Crippen LogP contribution is -2.47. The summed E-state index contributed by atoms with van der Waals surface area (Å²) in [6, 6.07) is 0.153. The van der Waals surface area contributed by atoms with Gasteiger partial charge >= 0.3 is 0 Å². The molecule has 0 radical (unpaired) electrons. The van der Waals surface area contributed by atoms with E-state index in [1.165, 1.54) is 0 Å². The van der Waals surface area contributed by atoms with Crippen molar-refractivity contribution in [3.05, 3.63) is 0 Å². The van der Waals surface area contributed by atoms with Crippen molar-refractivity contribution in [1.29, 1.82) is 0 Å². The molecule has 1 heterocycles. The van der Waals surface area contributed by atoms with Gasteiger partial charge in [-0.15, -0.1) is 0 Å². The highest BCUT2D eigenvalue weighted by Crippen LogP contribution is 2.17. The molecule has 1 rings (SSSR count). The van der Waals surface area contributed by atoms with Crippen LogP contribution < -0.4 is 5.32 Å². The molecule has 1 fully saturated rings. The maximum absolute atomic E-state index is 11.7. The van der Waals surface area contributed by atoms with Gasteiger partial charge in [0.15, 0.2) is 0 Å². The first-order chi connectivity index (χ1) is 7.07. The SMILES string of the molecule is CCOCC(C)N1C(=O)CNC1C(C)C. The maximum atomic E-state index is 11.7. The highest BCUT2D eigenvalue weighted by atomic mass is 16.5. The van der Waals surface area contributed by atoms with Crippen molar-refractivity contribution in [3.63, 3.8) is 0 Å². The number of carbonyl (C=O) groups is 1. The number of hydrogen-bond donors (Lipinski definition) is 1. The fourth-order valence-electron chi connectivity index (χ4n) is 1.98. The summed E-state index contributed by atoms with van der Waals surface area (Å²) in [6.07, 6.45) is 0.160. The van der Waals surface area contributed by atoms with E-state index in [0.717, 1.165) is 0 Å². The average Bonchev–Trinajstić information content (AvgIpc) is 2.56. The lowest BCUT2D eigenvalue weighted by molar-refractivity contribution is -0.131. The normalized spacial score (nSPS) is 23.9. The number of nitrogens with one attached hydrogen (secondary N) is 1. The summed E-state index contributed by atoms with van der Waals surface area (Å²) in [6.45, 7) is 10.0. The van der Waals surface area contributed by atoms with E-state index in [-0.39, 0.29) is 18.1 Å². The third kappa shape index (κ3) is 2.92. The predicted molar refractivity (Wildman–Crippen MR) is 59.4 cm³/mol. The standard InChI is InChI=1S/C11H22N2O2/c1-5-15-7-9(4)13-10(14)6-12-11(13)8(2)3/h8-9,11-12H,5-7H2,1-4H3. The molecule has 88 valence electrons. The maximum Gasteiger partial charge on any atom is 0.238 e. The summed E-state index contributed by atoms with van der Waals surface area (Å²) < 4.78 is 5.36. The Balaban J connectivity index is 2.58. The Morgan fingerprint density at radius 1 is 1.53 bits per heavy atom. The fraction of sp³-hybridized carbons (Fsp3) is 0.909. The first kappa shape index (κ1) is 12.5.